The Kier molecular flexibility index (Phi) is 6.43. The average Bonchev–Trinajstić information content (AvgIpc) is 2.61. The summed E-state index contributed by atoms with van der Waals surface area (Å²) in [5.41, 5.74) is 1.16. The normalized spacial score (nSPS) is 14.8. The Labute approximate surface area is 143 Å². The molecule has 0 unspecified atom stereocenters. The third-order valence-corrected chi connectivity index (χ3v) is 6.73. The zero-order valence-electron chi connectivity index (χ0n) is 13.5. The van der Waals surface area contributed by atoms with Gasteiger partial charge in [-0.3, -0.25) is 0 Å². The van der Waals surface area contributed by atoms with E-state index in [0.717, 1.165) is 35.7 Å². The van der Waals surface area contributed by atoms with Gasteiger partial charge in [0.05, 0.1) is 0 Å². The number of hydrogen-bond donors (Lipinski definition) is 0. The van der Waals surface area contributed by atoms with Crippen LogP contribution in [-0.4, -0.2) is 41.1 Å². The maximum atomic E-state index is 12.6. The number of rotatable bonds is 6. The molecule has 124 valence electrons. The van der Waals surface area contributed by atoms with Crippen molar-refractivity contribution in [2.45, 2.75) is 36.4 Å². The first kappa shape index (κ1) is 17.8. The van der Waals surface area contributed by atoms with Crippen LogP contribution in [0.25, 0.3) is 0 Å². The second-order valence-electron chi connectivity index (χ2n) is 5.51. The summed E-state index contributed by atoms with van der Waals surface area (Å²) < 4.78 is 9.73. The van der Waals surface area contributed by atoms with Crippen molar-refractivity contribution in [1.82, 2.24) is 0 Å². The molecule has 23 heavy (non-hydrogen) atoms. The third-order valence-electron chi connectivity index (χ3n) is 3.93. The molecular formula is C18H22O4Se. The van der Waals surface area contributed by atoms with Gasteiger partial charge in [0.2, 0.25) is 0 Å². The van der Waals surface area contributed by atoms with Crippen molar-refractivity contribution >= 4 is 31.4 Å². The van der Waals surface area contributed by atoms with Crippen LogP contribution in [0.2, 0.25) is 4.31 Å². The number of carbonyl (C=O) groups excluding carboxylic acids is 2. The van der Waals surface area contributed by atoms with Gasteiger partial charge < -0.3 is 0 Å². The van der Waals surface area contributed by atoms with E-state index in [1.165, 1.54) is 14.2 Å². The van der Waals surface area contributed by atoms with Gasteiger partial charge in [0.15, 0.2) is 0 Å². The Morgan fingerprint density at radius 1 is 1.09 bits per heavy atom. The van der Waals surface area contributed by atoms with Gasteiger partial charge >= 0.3 is 143 Å². The molecule has 0 bridgehead atoms. The number of ether oxygens (including phenoxy) is 2. The van der Waals surface area contributed by atoms with Crippen LogP contribution >= 0.6 is 0 Å². The molecule has 0 fully saturated rings. The molecule has 2 rings (SSSR count). The molecule has 1 aromatic carbocycles. The van der Waals surface area contributed by atoms with Crippen molar-refractivity contribution in [1.29, 1.82) is 0 Å². The first-order chi connectivity index (χ1) is 11.1. The summed E-state index contributed by atoms with van der Waals surface area (Å²) in [7, 11) is 2.66. The van der Waals surface area contributed by atoms with Crippen LogP contribution in [0, 0.1) is 0 Å². The first-order valence-corrected chi connectivity index (χ1v) is 9.42. The first-order valence-electron chi connectivity index (χ1n) is 7.71. The second-order valence-corrected chi connectivity index (χ2v) is 8.39. The molecule has 0 heterocycles. The summed E-state index contributed by atoms with van der Waals surface area (Å²) in [5.74, 6) is -1.00. The van der Waals surface area contributed by atoms with Crippen molar-refractivity contribution in [3.8, 4) is 0 Å². The van der Waals surface area contributed by atoms with Crippen LogP contribution in [0.4, 0.5) is 0 Å². The Morgan fingerprint density at radius 3 is 2.26 bits per heavy atom. The van der Waals surface area contributed by atoms with E-state index in [1.807, 2.05) is 30.3 Å². The molecule has 1 aliphatic carbocycles. The molecule has 0 N–H and O–H groups in total. The SMILES string of the molecule is COC(=O)C(CC1=CCCCC1)([Se]c1ccccc1)C(=O)OC. The molecule has 0 spiro atoms. The van der Waals surface area contributed by atoms with Gasteiger partial charge in [-0.25, -0.2) is 0 Å². The summed E-state index contributed by atoms with van der Waals surface area (Å²) in [5, 5.41) is 0. The topological polar surface area (TPSA) is 52.6 Å². The third kappa shape index (κ3) is 4.24. The van der Waals surface area contributed by atoms with E-state index in [2.05, 4.69) is 6.08 Å². The van der Waals surface area contributed by atoms with Gasteiger partial charge in [-0.05, 0) is 0 Å². The van der Waals surface area contributed by atoms with Gasteiger partial charge in [0, 0.05) is 0 Å². The summed E-state index contributed by atoms with van der Waals surface area (Å²) >= 11 is -0.410. The summed E-state index contributed by atoms with van der Waals surface area (Å²) in [6, 6.07) is 9.62. The molecule has 0 saturated carbocycles. The summed E-state index contributed by atoms with van der Waals surface area (Å²) in [6.45, 7) is 0. The maximum absolute atomic E-state index is 12.6. The van der Waals surface area contributed by atoms with Crippen LogP contribution < -0.4 is 4.46 Å². The Hall–Kier alpha value is -1.58. The molecule has 5 heteroatoms. The number of esters is 2. The van der Waals surface area contributed by atoms with Crippen molar-refractivity contribution in [2.75, 3.05) is 14.2 Å². The van der Waals surface area contributed by atoms with Gasteiger partial charge in [-0.2, -0.15) is 0 Å². The fourth-order valence-corrected chi connectivity index (χ4v) is 5.45. The van der Waals surface area contributed by atoms with E-state index >= 15 is 0 Å². The van der Waals surface area contributed by atoms with E-state index in [0.29, 0.717) is 6.42 Å². The monoisotopic (exact) mass is 382 g/mol. The molecular weight excluding hydrogens is 359 g/mol. The minimum atomic E-state index is -1.25. The molecule has 0 aromatic heterocycles. The zero-order chi connectivity index (χ0) is 16.7. The Morgan fingerprint density at radius 2 is 1.74 bits per heavy atom. The molecule has 0 saturated heterocycles. The van der Waals surface area contributed by atoms with Crippen molar-refractivity contribution < 1.29 is 19.1 Å². The summed E-state index contributed by atoms with van der Waals surface area (Å²) in [4.78, 5) is 25.2. The van der Waals surface area contributed by atoms with Crippen LogP contribution in [0.5, 0.6) is 0 Å². The predicted molar refractivity (Wildman–Crippen MR) is 89.7 cm³/mol. The van der Waals surface area contributed by atoms with Crippen molar-refractivity contribution in [2.24, 2.45) is 0 Å². The van der Waals surface area contributed by atoms with Crippen LogP contribution in [0.3, 0.4) is 0 Å². The van der Waals surface area contributed by atoms with Crippen LogP contribution in [0.1, 0.15) is 32.1 Å². The second kappa shape index (κ2) is 8.32. The number of benzene rings is 1. The molecule has 0 aliphatic heterocycles. The average molecular weight is 381 g/mol. The molecule has 0 amide bonds. The minimum absolute atomic E-state index is 0.390. The van der Waals surface area contributed by atoms with E-state index < -0.39 is 31.2 Å². The van der Waals surface area contributed by atoms with E-state index in [9.17, 15) is 9.59 Å². The van der Waals surface area contributed by atoms with E-state index in [-0.39, 0.29) is 0 Å². The quantitative estimate of drug-likeness (QED) is 0.329. The molecule has 4 nitrogen and oxygen atoms in total. The van der Waals surface area contributed by atoms with Crippen molar-refractivity contribution in [3.63, 3.8) is 0 Å². The number of allylic oxidation sites excluding steroid dienone is 2. The Bertz CT molecular complexity index is 564. The fraction of sp³-hybridized carbons (Fsp3) is 0.444. The van der Waals surface area contributed by atoms with E-state index in [4.69, 9.17) is 9.47 Å². The van der Waals surface area contributed by atoms with Crippen LogP contribution in [-0.2, 0) is 19.1 Å². The van der Waals surface area contributed by atoms with Crippen LogP contribution in [0.15, 0.2) is 42.0 Å². The molecule has 1 aromatic rings. The van der Waals surface area contributed by atoms with Crippen molar-refractivity contribution in [3.05, 3.63) is 42.0 Å². The number of hydrogen-bond acceptors (Lipinski definition) is 4. The molecule has 1 aliphatic rings. The van der Waals surface area contributed by atoms with Gasteiger partial charge in [0.1, 0.15) is 0 Å². The summed E-state index contributed by atoms with van der Waals surface area (Å²) in [6.07, 6.45) is 6.75. The number of methoxy groups -OCH3 is 2. The predicted octanol–water partition coefficient (Wildman–Crippen LogP) is 2.41. The van der Waals surface area contributed by atoms with Gasteiger partial charge in [0.25, 0.3) is 0 Å². The van der Waals surface area contributed by atoms with Gasteiger partial charge in [-0.15, -0.1) is 0 Å². The Balaban J connectivity index is 2.39. The molecule has 0 atom stereocenters. The zero-order valence-corrected chi connectivity index (χ0v) is 15.3. The fourth-order valence-electron chi connectivity index (χ4n) is 2.75. The standard InChI is InChI=1S/C18H22O4Se/c1-21-16(19)18(17(20)22-2,13-14-9-5-3-6-10-14)23-15-11-7-4-8-12-15/h4,7-9,11-12H,3,5-6,10,13H2,1-2H3. The van der Waals surface area contributed by atoms with Gasteiger partial charge in [-0.1, -0.05) is 0 Å². The van der Waals surface area contributed by atoms with E-state index in [1.54, 1.807) is 0 Å². The molecule has 0 radical (unpaired) electrons. The number of carbonyl (C=O) groups is 2.